The number of amides is 1. The van der Waals surface area contributed by atoms with Crippen LogP contribution in [0.5, 0.6) is 5.75 Å². The second-order valence-electron chi connectivity index (χ2n) is 6.86. The highest BCUT2D eigenvalue weighted by Gasteiger charge is 2.15. The number of hydrogen-bond donors (Lipinski definition) is 0. The average molecular weight is 461 g/mol. The fourth-order valence-electron chi connectivity index (χ4n) is 3.04. The first-order valence-corrected chi connectivity index (χ1v) is 11.5. The van der Waals surface area contributed by atoms with Crippen molar-refractivity contribution in [3.8, 4) is 5.75 Å². The van der Waals surface area contributed by atoms with Gasteiger partial charge < -0.3 is 14.0 Å². The number of hydrogen-bond acceptors (Lipinski definition) is 5. The third-order valence-corrected chi connectivity index (χ3v) is 5.91. The number of fused-ring (bicyclic) bond motifs is 1. The van der Waals surface area contributed by atoms with Crippen molar-refractivity contribution in [2.75, 3.05) is 13.2 Å². The zero-order valence-electron chi connectivity index (χ0n) is 17.6. The van der Waals surface area contributed by atoms with E-state index in [1.54, 1.807) is 41.8 Å². The molecular weight excluding hydrogens is 436 g/mol. The molecule has 1 heterocycles. The maximum atomic E-state index is 12.8. The molecule has 0 aliphatic heterocycles. The van der Waals surface area contributed by atoms with Gasteiger partial charge in [0.05, 0.1) is 28.5 Å². The van der Waals surface area contributed by atoms with Crippen LogP contribution in [-0.2, 0) is 16.1 Å². The van der Waals surface area contributed by atoms with Gasteiger partial charge in [0.15, 0.2) is 4.80 Å². The molecule has 0 N–H and O–H groups in total. The number of halogens is 1. The normalized spacial score (nSPS) is 11.6. The van der Waals surface area contributed by atoms with Crippen LogP contribution in [0.25, 0.3) is 10.2 Å². The first-order valence-electron chi connectivity index (χ1n) is 10.3. The van der Waals surface area contributed by atoms with Crippen molar-refractivity contribution in [3.63, 3.8) is 0 Å². The summed E-state index contributed by atoms with van der Waals surface area (Å²) in [5, 5.41) is 0.483. The van der Waals surface area contributed by atoms with Gasteiger partial charge in [-0.05, 0) is 49.7 Å². The molecule has 0 radical (unpaired) electrons. The topological polar surface area (TPSA) is 69.9 Å². The fourth-order valence-corrected chi connectivity index (χ4v) is 4.43. The Morgan fingerprint density at radius 2 is 1.87 bits per heavy atom. The summed E-state index contributed by atoms with van der Waals surface area (Å²) in [6.45, 7) is 4.74. The molecule has 8 heteroatoms. The molecule has 164 valence electrons. The van der Waals surface area contributed by atoms with E-state index in [9.17, 15) is 9.59 Å². The third-order valence-electron chi connectivity index (χ3n) is 4.56. The van der Waals surface area contributed by atoms with Crippen LogP contribution in [0.4, 0.5) is 0 Å². The molecule has 3 aromatic rings. The molecule has 3 rings (SSSR count). The number of esters is 1. The van der Waals surface area contributed by atoms with Crippen LogP contribution in [0.3, 0.4) is 0 Å². The van der Waals surface area contributed by atoms with Crippen LogP contribution < -0.4 is 9.54 Å². The molecule has 0 fully saturated rings. The summed E-state index contributed by atoms with van der Waals surface area (Å²) in [5.41, 5.74) is 1.09. The number of carbonyl (C=O) groups is 2. The smallest absolute Gasteiger partial charge is 0.326 e. The summed E-state index contributed by atoms with van der Waals surface area (Å²) in [4.78, 5) is 29.6. The molecule has 0 saturated heterocycles. The van der Waals surface area contributed by atoms with Gasteiger partial charge in [0, 0.05) is 5.56 Å². The van der Waals surface area contributed by atoms with E-state index in [4.69, 9.17) is 21.1 Å². The molecule has 0 aliphatic carbocycles. The van der Waals surface area contributed by atoms with Crippen molar-refractivity contribution >= 4 is 45.0 Å². The zero-order chi connectivity index (χ0) is 22.2. The largest absolute Gasteiger partial charge is 0.494 e. The summed E-state index contributed by atoms with van der Waals surface area (Å²) in [6.07, 6.45) is 3.26. The minimum atomic E-state index is -0.416. The Balaban J connectivity index is 1.88. The summed E-state index contributed by atoms with van der Waals surface area (Å²) in [7, 11) is 0. The summed E-state index contributed by atoms with van der Waals surface area (Å²) in [5.74, 6) is -0.0999. The highest BCUT2D eigenvalue weighted by Crippen LogP contribution is 2.25. The molecule has 1 aromatic heterocycles. The van der Waals surface area contributed by atoms with Crippen LogP contribution >= 0.6 is 22.9 Å². The van der Waals surface area contributed by atoms with Crippen molar-refractivity contribution in [2.45, 2.75) is 39.7 Å². The molecule has 0 saturated carbocycles. The number of para-hydroxylation sites is 1. The highest BCUT2D eigenvalue weighted by atomic mass is 35.5. The van der Waals surface area contributed by atoms with Crippen LogP contribution in [0, 0.1) is 0 Å². The van der Waals surface area contributed by atoms with Gasteiger partial charge in [0.25, 0.3) is 5.91 Å². The molecule has 0 aliphatic rings. The second kappa shape index (κ2) is 11.1. The minimum Gasteiger partial charge on any atom is -0.494 e. The third kappa shape index (κ3) is 5.95. The molecule has 0 spiro atoms. The quantitative estimate of drug-likeness (QED) is 0.324. The van der Waals surface area contributed by atoms with Gasteiger partial charge in [-0.15, -0.1) is 0 Å². The summed E-state index contributed by atoms with van der Waals surface area (Å²) >= 11 is 7.66. The number of aromatic nitrogens is 1. The number of unbranched alkanes of at least 4 members (excludes halogenated alkanes) is 2. The van der Waals surface area contributed by atoms with Crippen LogP contribution in [0.15, 0.2) is 47.5 Å². The number of carbonyl (C=O) groups excluding carboxylic acids is 2. The lowest BCUT2D eigenvalue weighted by atomic mass is 10.2. The van der Waals surface area contributed by atoms with Gasteiger partial charge in [0.2, 0.25) is 0 Å². The van der Waals surface area contributed by atoms with Gasteiger partial charge in [-0.3, -0.25) is 9.59 Å². The number of rotatable bonds is 9. The Morgan fingerprint density at radius 1 is 1.10 bits per heavy atom. The molecule has 0 bridgehead atoms. The van der Waals surface area contributed by atoms with Gasteiger partial charge >= 0.3 is 5.97 Å². The van der Waals surface area contributed by atoms with Crippen LogP contribution in [-0.4, -0.2) is 29.7 Å². The summed E-state index contributed by atoms with van der Waals surface area (Å²) in [6, 6.07) is 12.4. The van der Waals surface area contributed by atoms with Crippen molar-refractivity contribution in [1.29, 1.82) is 0 Å². The van der Waals surface area contributed by atoms with Crippen molar-refractivity contribution < 1.29 is 19.1 Å². The minimum absolute atomic E-state index is 0.0752. The Bertz CT molecular complexity index is 1120. The Hall–Kier alpha value is -2.64. The van der Waals surface area contributed by atoms with Crippen molar-refractivity contribution in [3.05, 3.63) is 57.9 Å². The molecular formula is C23H25ClN2O4S. The highest BCUT2D eigenvalue weighted by molar-refractivity contribution is 7.16. The van der Waals surface area contributed by atoms with E-state index in [0.717, 1.165) is 29.7 Å². The van der Waals surface area contributed by atoms with E-state index in [-0.39, 0.29) is 13.2 Å². The number of benzene rings is 2. The van der Waals surface area contributed by atoms with Crippen molar-refractivity contribution in [1.82, 2.24) is 4.57 Å². The zero-order valence-corrected chi connectivity index (χ0v) is 19.2. The molecule has 1 amide bonds. The molecule has 2 aromatic carbocycles. The van der Waals surface area contributed by atoms with Gasteiger partial charge in [0.1, 0.15) is 12.3 Å². The van der Waals surface area contributed by atoms with Crippen LogP contribution in [0.2, 0.25) is 5.02 Å². The first kappa shape index (κ1) is 23.0. The van der Waals surface area contributed by atoms with E-state index in [1.165, 1.54) is 11.3 Å². The lowest BCUT2D eigenvalue weighted by Crippen LogP contribution is -2.23. The number of thiazole rings is 1. The predicted octanol–water partition coefficient (Wildman–Crippen LogP) is 5.23. The molecule has 6 nitrogen and oxygen atoms in total. The number of nitrogens with zero attached hydrogens (tertiary/aromatic N) is 2. The standard InChI is InChI=1S/C23H25ClN2O4S/c1-3-5-6-14-30-17-12-10-16(11-13-17)22(28)25-23-26(15-20(27)29-4-2)21-18(24)8-7-9-19(21)31-23/h7-13H,3-6,14-15H2,1-2H3. The van der Waals surface area contributed by atoms with Gasteiger partial charge in [-0.25, -0.2) is 0 Å². The maximum absolute atomic E-state index is 12.8. The monoisotopic (exact) mass is 460 g/mol. The Morgan fingerprint density at radius 3 is 2.58 bits per heavy atom. The van der Waals surface area contributed by atoms with E-state index in [2.05, 4.69) is 11.9 Å². The van der Waals surface area contributed by atoms with Gasteiger partial charge in [-0.1, -0.05) is 48.8 Å². The number of ether oxygens (including phenoxy) is 2. The Kier molecular flexibility index (Phi) is 8.26. The van der Waals surface area contributed by atoms with E-state index >= 15 is 0 Å². The van der Waals surface area contributed by atoms with Crippen molar-refractivity contribution in [2.24, 2.45) is 4.99 Å². The van der Waals surface area contributed by atoms with E-state index < -0.39 is 11.9 Å². The lowest BCUT2D eigenvalue weighted by molar-refractivity contribution is -0.143. The second-order valence-corrected chi connectivity index (χ2v) is 8.28. The first-order chi connectivity index (χ1) is 15.0. The summed E-state index contributed by atoms with van der Waals surface area (Å²) < 4.78 is 13.2. The van der Waals surface area contributed by atoms with Gasteiger partial charge in [-0.2, -0.15) is 4.99 Å². The van der Waals surface area contributed by atoms with E-state index in [0.29, 0.717) is 27.5 Å². The molecule has 31 heavy (non-hydrogen) atoms. The molecule has 0 unspecified atom stereocenters. The lowest BCUT2D eigenvalue weighted by Gasteiger charge is -2.06. The Labute approximate surface area is 190 Å². The predicted molar refractivity (Wildman–Crippen MR) is 123 cm³/mol. The fraction of sp³-hybridized carbons (Fsp3) is 0.348. The molecule has 0 atom stereocenters. The van der Waals surface area contributed by atoms with Crippen LogP contribution in [0.1, 0.15) is 43.5 Å². The van der Waals surface area contributed by atoms with E-state index in [1.807, 2.05) is 12.1 Å². The average Bonchev–Trinajstić information content (AvgIpc) is 3.10. The maximum Gasteiger partial charge on any atom is 0.326 e. The SMILES string of the molecule is CCCCCOc1ccc(C(=O)N=c2sc3cccc(Cl)c3n2CC(=O)OCC)cc1.